The first-order valence-electron chi connectivity index (χ1n) is 11.4. The largest absolute Gasteiger partial charge is 0.503 e. The van der Waals surface area contributed by atoms with Gasteiger partial charge in [-0.2, -0.15) is 0 Å². The summed E-state index contributed by atoms with van der Waals surface area (Å²) in [4.78, 5) is 28.5. The standard InChI is InChI=1S/C26H25N3O5/c1-33-20-13-9-17(10-14-20)23(30)21-22(16-5-3-2-4-6-16)29(26(32)24(21)31)19-11-7-18(8-12-19)25-28-27-15-34-25/h7-16,22,31H,2-6H2,1H3. The molecule has 1 unspecified atom stereocenters. The number of benzene rings is 2. The summed E-state index contributed by atoms with van der Waals surface area (Å²) in [6.45, 7) is 0. The van der Waals surface area contributed by atoms with Crippen molar-refractivity contribution >= 4 is 17.4 Å². The van der Waals surface area contributed by atoms with E-state index in [4.69, 9.17) is 9.15 Å². The van der Waals surface area contributed by atoms with Crippen molar-refractivity contribution in [2.24, 2.45) is 5.92 Å². The number of aliphatic hydroxyl groups excluding tert-OH is 1. The molecule has 174 valence electrons. The Balaban J connectivity index is 1.53. The van der Waals surface area contributed by atoms with E-state index in [-0.39, 0.29) is 17.3 Å². The quantitative estimate of drug-likeness (QED) is 0.531. The van der Waals surface area contributed by atoms with Gasteiger partial charge >= 0.3 is 0 Å². The lowest BCUT2D eigenvalue weighted by Crippen LogP contribution is -2.42. The highest BCUT2D eigenvalue weighted by Crippen LogP contribution is 2.41. The van der Waals surface area contributed by atoms with Crippen LogP contribution in [0.3, 0.4) is 0 Å². The molecule has 8 nitrogen and oxygen atoms in total. The third-order valence-corrected chi connectivity index (χ3v) is 6.70. The van der Waals surface area contributed by atoms with Gasteiger partial charge in [-0.3, -0.25) is 14.5 Å². The number of anilines is 1. The Labute approximate surface area is 196 Å². The zero-order chi connectivity index (χ0) is 23.7. The molecule has 34 heavy (non-hydrogen) atoms. The van der Waals surface area contributed by atoms with Gasteiger partial charge in [0.15, 0.2) is 11.5 Å². The van der Waals surface area contributed by atoms with Gasteiger partial charge < -0.3 is 14.3 Å². The maximum Gasteiger partial charge on any atom is 0.294 e. The van der Waals surface area contributed by atoms with Gasteiger partial charge in [-0.25, -0.2) is 0 Å². The second kappa shape index (κ2) is 9.13. The van der Waals surface area contributed by atoms with Crippen LogP contribution in [0.4, 0.5) is 5.69 Å². The van der Waals surface area contributed by atoms with Crippen LogP contribution in [-0.4, -0.2) is 40.1 Å². The minimum Gasteiger partial charge on any atom is -0.503 e. The number of nitrogens with zero attached hydrogens (tertiary/aromatic N) is 3. The molecule has 0 saturated heterocycles. The summed E-state index contributed by atoms with van der Waals surface area (Å²) >= 11 is 0. The molecule has 5 rings (SSSR count). The predicted molar refractivity (Wildman–Crippen MR) is 125 cm³/mol. The molecule has 2 aliphatic rings. The fraction of sp³-hybridized carbons (Fsp3) is 0.308. The van der Waals surface area contributed by atoms with Gasteiger partial charge in [-0.1, -0.05) is 19.3 Å². The molecule has 3 aromatic rings. The van der Waals surface area contributed by atoms with E-state index in [0.29, 0.717) is 28.5 Å². The number of carbonyl (C=O) groups excluding carboxylic acids is 2. The van der Waals surface area contributed by atoms with E-state index in [0.717, 1.165) is 32.1 Å². The van der Waals surface area contributed by atoms with Crippen LogP contribution in [0.2, 0.25) is 0 Å². The molecule has 1 aliphatic carbocycles. The summed E-state index contributed by atoms with van der Waals surface area (Å²) in [5.41, 5.74) is 1.90. The molecule has 2 aromatic carbocycles. The lowest BCUT2D eigenvalue weighted by atomic mass is 9.79. The summed E-state index contributed by atoms with van der Waals surface area (Å²) in [5.74, 6) is -0.289. The van der Waals surface area contributed by atoms with Crippen LogP contribution in [0, 0.1) is 5.92 Å². The highest BCUT2D eigenvalue weighted by molar-refractivity contribution is 6.20. The topological polar surface area (TPSA) is 106 Å². The SMILES string of the molecule is COc1ccc(C(=O)C2=C(O)C(=O)N(c3ccc(-c4nnco4)cc3)C2C2CCCCC2)cc1. The Hall–Kier alpha value is -3.94. The number of methoxy groups -OCH3 is 1. The van der Waals surface area contributed by atoms with Crippen molar-refractivity contribution in [1.82, 2.24) is 10.2 Å². The fourth-order valence-electron chi connectivity index (χ4n) is 5.00. The minimum atomic E-state index is -0.557. The summed E-state index contributed by atoms with van der Waals surface area (Å²) < 4.78 is 10.4. The second-order valence-electron chi connectivity index (χ2n) is 8.63. The average molecular weight is 460 g/mol. The number of Topliss-reactive ketones (excluding diaryl/α,β-unsaturated/α-hetero) is 1. The Morgan fingerprint density at radius 1 is 1.06 bits per heavy atom. The van der Waals surface area contributed by atoms with Gasteiger partial charge in [-0.15, -0.1) is 10.2 Å². The Kier molecular flexibility index (Phi) is 5.88. The van der Waals surface area contributed by atoms with Gasteiger partial charge in [0.05, 0.1) is 18.7 Å². The van der Waals surface area contributed by atoms with Crippen molar-refractivity contribution in [2.75, 3.05) is 12.0 Å². The second-order valence-corrected chi connectivity index (χ2v) is 8.63. The summed E-state index contributed by atoms with van der Waals surface area (Å²) in [7, 11) is 1.56. The van der Waals surface area contributed by atoms with E-state index >= 15 is 0 Å². The average Bonchev–Trinajstić information content (AvgIpc) is 3.52. The van der Waals surface area contributed by atoms with E-state index in [1.165, 1.54) is 6.39 Å². The van der Waals surface area contributed by atoms with Gasteiger partial charge in [-0.05, 0) is 67.3 Å². The summed E-state index contributed by atoms with van der Waals surface area (Å²) in [6.07, 6.45) is 6.23. The molecule has 0 radical (unpaired) electrons. The van der Waals surface area contributed by atoms with E-state index in [9.17, 15) is 14.7 Å². The number of rotatable bonds is 6. The number of amides is 1. The maximum atomic E-state index is 13.6. The first-order valence-corrected chi connectivity index (χ1v) is 11.4. The van der Waals surface area contributed by atoms with Gasteiger partial charge in [0.1, 0.15) is 5.75 Å². The lowest BCUT2D eigenvalue weighted by Gasteiger charge is -2.35. The highest BCUT2D eigenvalue weighted by Gasteiger charge is 2.47. The molecule has 1 aromatic heterocycles. The van der Waals surface area contributed by atoms with Crippen molar-refractivity contribution in [3.8, 4) is 17.2 Å². The van der Waals surface area contributed by atoms with E-state index in [2.05, 4.69) is 10.2 Å². The third kappa shape index (κ3) is 3.85. The molecule has 1 amide bonds. The van der Waals surface area contributed by atoms with Crippen molar-refractivity contribution in [2.45, 2.75) is 38.1 Å². The lowest BCUT2D eigenvalue weighted by molar-refractivity contribution is -0.117. The number of aromatic nitrogens is 2. The van der Waals surface area contributed by atoms with Gasteiger partial charge in [0, 0.05) is 16.8 Å². The van der Waals surface area contributed by atoms with Crippen molar-refractivity contribution in [3.63, 3.8) is 0 Å². The van der Waals surface area contributed by atoms with Gasteiger partial charge in [0.2, 0.25) is 12.3 Å². The van der Waals surface area contributed by atoms with E-state index in [1.54, 1.807) is 60.5 Å². The normalized spacial score (nSPS) is 19.0. The number of hydrogen-bond acceptors (Lipinski definition) is 7. The zero-order valence-electron chi connectivity index (χ0n) is 18.8. The van der Waals surface area contributed by atoms with Crippen LogP contribution < -0.4 is 9.64 Å². The maximum absolute atomic E-state index is 13.6. The molecular weight excluding hydrogens is 434 g/mol. The van der Waals surface area contributed by atoms with Crippen LogP contribution in [0.1, 0.15) is 42.5 Å². The molecule has 1 saturated carbocycles. The molecule has 0 bridgehead atoms. The Bertz CT molecular complexity index is 1210. The van der Waals surface area contributed by atoms with Crippen LogP contribution in [-0.2, 0) is 4.79 Å². The molecule has 1 aliphatic heterocycles. The molecule has 1 atom stereocenters. The van der Waals surface area contributed by atoms with E-state index < -0.39 is 17.7 Å². The van der Waals surface area contributed by atoms with Crippen molar-refractivity contribution in [1.29, 1.82) is 0 Å². The smallest absolute Gasteiger partial charge is 0.294 e. The van der Waals surface area contributed by atoms with Gasteiger partial charge in [0.25, 0.3) is 5.91 Å². The number of aliphatic hydroxyl groups is 1. The molecule has 1 N–H and O–H groups in total. The van der Waals surface area contributed by atoms with Crippen LogP contribution in [0.5, 0.6) is 5.75 Å². The first-order chi connectivity index (χ1) is 16.6. The fourth-order valence-corrected chi connectivity index (χ4v) is 5.00. The highest BCUT2D eigenvalue weighted by atomic mass is 16.5. The molecule has 1 fully saturated rings. The minimum absolute atomic E-state index is 0.0789. The predicted octanol–water partition coefficient (Wildman–Crippen LogP) is 4.74. The molecule has 0 spiro atoms. The Morgan fingerprint density at radius 3 is 2.38 bits per heavy atom. The van der Waals surface area contributed by atoms with Crippen molar-refractivity contribution < 1.29 is 23.8 Å². The summed E-state index contributed by atoms with van der Waals surface area (Å²) in [6, 6.07) is 13.3. The number of carbonyl (C=O) groups is 2. The number of ketones is 1. The van der Waals surface area contributed by atoms with E-state index in [1.807, 2.05) is 0 Å². The molecule has 8 heteroatoms. The monoisotopic (exact) mass is 459 g/mol. The van der Waals surface area contributed by atoms with Crippen LogP contribution in [0.15, 0.2) is 70.7 Å². The van der Waals surface area contributed by atoms with Crippen LogP contribution >= 0.6 is 0 Å². The first kappa shape index (κ1) is 21.9. The zero-order valence-corrected chi connectivity index (χ0v) is 18.8. The molecule has 2 heterocycles. The third-order valence-electron chi connectivity index (χ3n) is 6.70. The Morgan fingerprint density at radius 2 is 1.76 bits per heavy atom. The number of hydrogen-bond donors (Lipinski definition) is 1. The van der Waals surface area contributed by atoms with Crippen molar-refractivity contribution in [3.05, 3.63) is 71.8 Å². The number of ether oxygens (including phenoxy) is 1. The van der Waals surface area contributed by atoms with Crippen LogP contribution in [0.25, 0.3) is 11.5 Å². The molecular formula is C26H25N3O5. The summed E-state index contributed by atoms with van der Waals surface area (Å²) in [5, 5.41) is 18.5.